The lowest BCUT2D eigenvalue weighted by Gasteiger charge is -2.18. The number of rotatable bonds is 7. The number of nitrogens with zero attached hydrogens (tertiary/aromatic N) is 6. The first-order chi connectivity index (χ1) is 34.2. The second-order valence-electron chi connectivity index (χ2n) is 17.9. The van der Waals surface area contributed by atoms with Crippen molar-refractivity contribution in [2.75, 3.05) is 0 Å². The van der Waals surface area contributed by atoms with Crippen molar-refractivity contribution in [3.05, 3.63) is 236 Å². The van der Waals surface area contributed by atoms with Crippen molar-refractivity contribution in [2.45, 2.75) is 12.8 Å². The van der Waals surface area contributed by atoms with E-state index in [0.717, 1.165) is 79.8 Å². The second kappa shape index (κ2) is 15.8. The third-order valence-electron chi connectivity index (χ3n) is 13.9. The average Bonchev–Trinajstić information content (AvgIpc) is 4.06. The Kier molecular flexibility index (Phi) is 8.92. The molecule has 69 heavy (non-hydrogen) atoms. The maximum atomic E-state index is 5.25. The van der Waals surface area contributed by atoms with Crippen LogP contribution in [0.15, 0.2) is 231 Å². The molecule has 0 fully saturated rings. The van der Waals surface area contributed by atoms with Crippen molar-refractivity contribution in [3.63, 3.8) is 0 Å². The lowest BCUT2D eigenvalue weighted by molar-refractivity contribution is 1.00. The molecule has 0 saturated heterocycles. The fourth-order valence-corrected chi connectivity index (χ4v) is 10.8. The molecule has 0 bridgehead atoms. The Labute approximate surface area is 398 Å². The number of allylic oxidation sites excluding steroid dienone is 4. The van der Waals surface area contributed by atoms with Crippen LogP contribution in [0.4, 0.5) is 0 Å². The number of hydrogen-bond donors (Lipinski definition) is 0. The van der Waals surface area contributed by atoms with Crippen molar-refractivity contribution in [3.8, 4) is 51.0 Å². The van der Waals surface area contributed by atoms with Gasteiger partial charge in [-0.2, -0.15) is 0 Å². The average molecular weight is 883 g/mol. The second-order valence-corrected chi connectivity index (χ2v) is 17.9. The Morgan fingerprint density at radius 3 is 1.45 bits per heavy atom. The van der Waals surface area contributed by atoms with Gasteiger partial charge in [-0.25, -0.2) is 15.0 Å². The van der Waals surface area contributed by atoms with Gasteiger partial charge in [0, 0.05) is 54.7 Å². The highest BCUT2D eigenvalue weighted by Gasteiger charge is 2.23. The summed E-state index contributed by atoms with van der Waals surface area (Å²) in [5, 5.41) is 7.23. The fourth-order valence-electron chi connectivity index (χ4n) is 10.8. The normalized spacial score (nSPS) is 12.8. The van der Waals surface area contributed by atoms with Crippen LogP contribution in [0.2, 0.25) is 0 Å². The van der Waals surface area contributed by atoms with E-state index >= 15 is 0 Å². The minimum absolute atomic E-state index is 0.623. The number of benzene rings is 9. The molecule has 0 spiro atoms. The molecule has 0 N–H and O–H groups in total. The van der Waals surface area contributed by atoms with E-state index in [2.05, 4.69) is 226 Å². The smallest absolute Gasteiger partial charge is 0.164 e. The van der Waals surface area contributed by atoms with E-state index in [0.29, 0.717) is 17.5 Å². The van der Waals surface area contributed by atoms with Crippen LogP contribution in [0.5, 0.6) is 0 Å². The van der Waals surface area contributed by atoms with Gasteiger partial charge in [-0.05, 0) is 96.8 Å². The van der Waals surface area contributed by atoms with E-state index in [4.69, 9.17) is 15.0 Å². The molecule has 1 aliphatic rings. The Morgan fingerprint density at radius 1 is 0.304 bits per heavy atom. The number of para-hydroxylation sites is 5. The first-order valence-corrected chi connectivity index (χ1v) is 23.7. The lowest BCUT2D eigenvalue weighted by Crippen LogP contribution is -2.06. The highest BCUT2D eigenvalue weighted by atomic mass is 15.1. The molecular weight excluding hydrogens is 841 g/mol. The monoisotopic (exact) mass is 882 g/mol. The van der Waals surface area contributed by atoms with Gasteiger partial charge >= 0.3 is 0 Å². The van der Waals surface area contributed by atoms with Crippen LogP contribution in [-0.2, 0) is 0 Å². The fraction of sp³-hybridized carbons (Fsp3) is 0.0317. The van der Waals surface area contributed by atoms with Crippen molar-refractivity contribution >= 4 is 71.0 Å². The third-order valence-corrected chi connectivity index (χ3v) is 13.9. The highest BCUT2D eigenvalue weighted by molar-refractivity contribution is 6.13. The van der Waals surface area contributed by atoms with Crippen LogP contribution in [0.3, 0.4) is 0 Å². The molecule has 0 atom stereocenters. The van der Waals surface area contributed by atoms with Gasteiger partial charge in [-0.15, -0.1) is 0 Å². The van der Waals surface area contributed by atoms with Crippen LogP contribution in [0.1, 0.15) is 18.7 Å². The maximum Gasteiger partial charge on any atom is 0.164 e. The van der Waals surface area contributed by atoms with Crippen molar-refractivity contribution in [1.29, 1.82) is 0 Å². The molecule has 0 unspecified atom stereocenters. The van der Waals surface area contributed by atoms with Gasteiger partial charge in [0.05, 0.1) is 44.5 Å². The molecule has 0 saturated carbocycles. The summed E-state index contributed by atoms with van der Waals surface area (Å²) in [5.74, 6) is 1.94. The van der Waals surface area contributed by atoms with Crippen LogP contribution in [-0.4, -0.2) is 28.7 Å². The Bertz CT molecular complexity index is 4190. The Hall–Kier alpha value is -9.13. The number of fused-ring (bicyclic) bond motifs is 9. The molecule has 4 heterocycles. The quantitative estimate of drug-likeness (QED) is 0.160. The standard InChI is InChI=1S/C63H42N6/c1-4-18-41(19-5-1)61-64-62(42-20-6-2-7-21-42)66-63(65-61)45-34-37-58(68-54-29-15-10-24-47(54)48-25-11-16-30-55(48)68)60(40-45)69-56-31-17-12-26-49(56)51-35-32-44(39-59(51)69)43-33-36-57-52(38-43)50-27-13-14-28-53(50)67(57)46-22-8-3-9-23-46/h1,3-6,8-40H,2,7H2. The molecule has 0 amide bonds. The summed E-state index contributed by atoms with van der Waals surface area (Å²) >= 11 is 0. The third kappa shape index (κ3) is 6.30. The largest absolute Gasteiger partial charge is 0.309 e. The SMILES string of the molecule is C1=CC(c2nc(-c3ccccc3)nc(-c3ccc(-n4c5ccccc5c5ccccc54)c(-n4c5ccccc5c5ccc(-c6ccc7c(c6)c6ccccc6n7-c6ccccc6)cc54)c3)n2)=CCC1. The molecule has 6 heteroatoms. The van der Waals surface area contributed by atoms with Crippen molar-refractivity contribution in [2.24, 2.45) is 0 Å². The zero-order chi connectivity index (χ0) is 45.4. The van der Waals surface area contributed by atoms with Gasteiger partial charge < -0.3 is 13.7 Å². The van der Waals surface area contributed by atoms with Crippen LogP contribution < -0.4 is 0 Å². The van der Waals surface area contributed by atoms with Crippen molar-refractivity contribution in [1.82, 2.24) is 28.7 Å². The first kappa shape index (κ1) is 39.1. The molecule has 0 aliphatic heterocycles. The molecular formula is C63H42N6. The van der Waals surface area contributed by atoms with Gasteiger partial charge in [-0.1, -0.05) is 158 Å². The van der Waals surface area contributed by atoms with E-state index in [9.17, 15) is 0 Å². The minimum atomic E-state index is 0.623. The molecule has 0 radical (unpaired) electrons. The summed E-state index contributed by atoms with van der Waals surface area (Å²) in [7, 11) is 0. The van der Waals surface area contributed by atoms with Gasteiger partial charge in [-0.3, -0.25) is 0 Å². The van der Waals surface area contributed by atoms with E-state index in [1.165, 1.54) is 43.4 Å². The summed E-state index contributed by atoms with van der Waals surface area (Å²) < 4.78 is 7.26. The summed E-state index contributed by atoms with van der Waals surface area (Å²) in [6.45, 7) is 0. The van der Waals surface area contributed by atoms with E-state index in [1.807, 2.05) is 18.2 Å². The van der Waals surface area contributed by atoms with E-state index in [1.54, 1.807) is 0 Å². The van der Waals surface area contributed by atoms with E-state index in [-0.39, 0.29) is 0 Å². The van der Waals surface area contributed by atoms with Gasteiger partial charge in [0.1, 0.15) is 0 Å². The highest BCUT2D eigenvalue weighted by Crippen LogP contribution is 2.42. The molecule has 6 nitrogen and oxygen atoms in total. The molecule has 324 valence electrons. The summed E-state index contributed by atoms with van der Waals surface area (Å²) in [6.07, 6.45) is 8.54. The van der Waals surface area contributed by atoms with Gasteiger partial charge in [0.25, 0.3) is 0 Å². The molecule has 13 aromatic rings. The molecule has 1 aliphatic carbocycles. The predicted molar refractivity (Wildman–Crippen MR) is 286 cm³/mol. The maximum absolute atomic E-state index is 5.25. The predicted octanol–water partition coefficient (Wildman–Crippen LogP) is 15.9. The Morgan fingerprint density at radius 2 is 0.797 bits per heavy atom. The van der Waals surface area contributed by atoms with Crippen LogP contribution >= 0.6 is 0 Å². The number of hydrogen-bond acceptors (Lipinski definition) is 3. The molecule has 9 aromatic carbocycles. The topological polar surface area (TPSA) is 53.5 Å². The van der Waals surface area contributed by atoms with Gasteiger partial charge in [0.2, 0.25) is 0 Å². The lowest BCUT2D eigenvalue weighted by atomic mass is 10.0. The first-order valence-electron chi connectivity index (χ1n) is 23.7. The van der Waals surface area contributed by atoms with Gasteiger partial charge in [0.15, 0.2) is 17.5 Å². The summed E-state index contributed by atoms with van der Waals surface area (Å²) in [4.78, 5) is 15.6. The number of aromatic nitrogens is 6. The van der Waals surface area contributed by atoms with Crippen LogP contribution in [0.25, 0.3) is 122 Å². The van der Waals surface area contributed by atoms with E-state index < -0.39 is 0 Å². The van der Waals surface area contributed by atoms with Crippen molar-refractivity contribution < 1.29 is 0 Å². The minimum Gasteiger partial charge on any atom is -0.309 e. The summed E-state index contributed by atoms with van der Waals surface area (Å²) in [5.41, 5.74) is 15.3. The molecule has 14 rings (SSSR count). The zero-order valence-corrected chi connectivity index (χ0v) is 37.5. The van der Waals surface area contributed by atoms with Crippen LogP contribution in [0, 0.1) is 0 Å². The Balaban J connectivity index is 1.04. The summed E-state index contributed by atoms with van der Waals surface area (Å²) in [6, 6.07) is 76.5. The molecule has 4 aromatic heterocycles. The zero-order valence-electron chi connectivity index (χ0n) is 37.5.